The lowest BCUT2D eigenvalue weighted by Crippen LogP contribution is -2.57. The van der Waals surface area contributed by atoms with Crippen LogP contribution in [0.15, 0.2) is 137 Å². The Morgan fingerprint density at radius 2 is 1.00 bits per heavy atom. The van der Waals surface area contributed by atoms with Crippen molar-refractivity contribution in [2.75, 3.05) is 4.90 Å². The highest BCUT2D eigenvalue weighted by atomic mass is 32.2. The Labute approximate surface area is 356 Å². The lowest BCUT2D eigenvalue weighted by molar-refractivity contribution is -0.0443. The fourth-order valence-corrected chi connectivity index (χ4v) is 15.2. The first-order valence-corrected chi connectivity index (χ1v) is 23.5. The fourth-order valence-electron chi connectivity index (χ4n) is 13.9. The monoisotopic (exact) mass is 787 g/mol. The van der Waals surface area contributed by atoms with E-state index in [9.17, 15) is 0 Å². The molecule has 1 aliphatic heterocycles. The van der Waals surface area contributed by atoms with Crippen molar-refractivity contribution in [3.63, 3.8) is 0 Å². The summed E-state index contributed by atoms with van der Waals surface area (Å²) in [5.74, 6) is 3.35. The highest BCUT2D eigenvalue weighted by molar-refractivity contribution is 7.99. The third-order valence-electron chi connectivity index (χ3n) is 16.8. The van der Waals surface area contributed by atoms with Crippen LogP contribution in [0.4, 0.5) is 17.1 Å². The molecular weight excluding hydrogens is 731 g/mol. The van der Waals surface area contributed by atoms with Gasteiger partial charge in [-0.15, -0.1) is 0 Å². The van der Waals surface area contributed by atoms with Crippen molar-refractivity contribution in [2.24, 2.45) is 23.7 Å². The first kappa shape index (κ1) is 36.3. The molecule has 2 heteroatoms. The molecule has 0 saturated heterocycles. The second-order valence-electron chi connectivity index (χ2n) is 21.3. The summed E-state index contributed by atoms with van der Waals surface area (Å²) in [6, 6.07) is 50.2. The minimum absolute atomic E-state index is 0.0759. The van der Waals surface area contributed by atoms with Gasteiger partial charge in [0.05, 0.1) is 0 Å². The third-order valence-corrected chi connectivity index (χ3v) is 17.9. The van der Waals surface area contributed by atoms with Crippen LogP contribution < -0.4 is 4.90 Å². The first-order chi connectivity index (χ1) is 28.4. The van der Waals surface area contributed by atoms with E-state index in [4.69, 9.17) is 0 Å². The fraction of sp³-hybridized carbons (Fsp3) is 0.368. The van der Waals surface area contributed by atoms with Gasteiger partial charge in [-0.1, -0.05) is 138 Å². The summed E-state index contributed by atoms with van der Waals surface area (Å²) in [5.41, 5.74) is 18.6. The number of hydrogen-bond acceptors (Lipinski definition) is 2. The Kier molecular flexibility index (Phi) is 7.70. The predicted molar refractivity (Wildman–Crippen MR) is 248 cm³/mol. The molecule has 13 rings (SSSR count). The summed E-state index contributed by atoms with van der Waals surface area (Å²) < 4.78 is 0. The van der Waals surface area contributed by atoms with Crippen molar-refractivity contribution in [3.8, 4) is 22.3 Å². The van der Waals surface area contributed by atoms with Crippen molar-refractivity contribution in [3.05, 3.63) is 161 Å². The van der Waals surface area contributed by atoms with Crippen molar-refractivity contribution < 1.29 is 0 Å². The van der Waals surface area contributed by atoms with Gasteiger partial charge in [-0.3, -0.25) is 0 Å². The zero-order valence-corrected chi connectivity index (χ0v) is 36.6. The summed E-state index contributed by atoms with van der Waals surface area (Å²) in [6.07, 6.45) is 9.54. The van der Waals surface area contributed by atoms with Crippen molar-refractivity contribution in [1.29, 1.82) is 0 Å². The Morgan fingerprint density at radius 3 is 1.75 bits per heavy atom. The Balaban J connectivity index is 0.998. The zero-order valence-electron chi connectivity index (χ0n) is 35.7. The van der Waals surface area contributed by atoms with Crippen LogP contribution >= 0.6 is 11.8 Å². The first-order valence-electron chi connectivity index (χ1n) is 22.6. The maximum atomic E-state index is 2.58. The molecule has 0 atom stereocenters. The standard InChI is InChI=1S/C57H57NS/c1-54(2)25-26-55(3,4)51-32-38(17-23-47(51)54)37-15-18-41(19-16-37)58(42-20-22-45-44-11-7-8-12-46(44)56(5,6)50(45)33-42)43-21-24-49-53(34-43)59-52-14-10-9-13-48(52)57(49)39-28-35-27-36(30-39)31-40(57)29-35/h7-24,32-36,39-40H,25-31H2,1-6H3. The second kappa shape index (κ2) is 12.5. The van der Waals surface area contributed by atoms with Crippen LogP contribution in [0.5, 0.6) is 0 Å². The predicted octanol–water partition coefficient (Wildman–Crippen LogP) is 15.7. The molecule has 1 nitrogen and oxygen atoms in total. The number of fused-ring (bicyclic) bond motifs is 6. The van der Waals surface area contributed by atoms with Gasteiger partial charge >= 0.3 is 0 Å². The normalized spacial score (nSPS) is 26.7. The Hall–Kier alpha value is -4.53. The molecule has 6 aliphatic carbocycles. The van der Waals surface area contributed by atoms with Gasteiger partial charge in [0.2, 0.25) is 0 Å². The number of nitrogens with zero attached hydrogens (tertiary/aromatic N) is 1. The van der Waals surface area contributed by atoms with E-state index >= 15 is 0 Å². The Morgan fingerprint density at radius 1 is 0.441 bits per heavy atom. The van der Waals surface area contributed by atoms with Crippen LogP contribution in [0, 0.1) is 23.7 Å². The molecule has 4 bridgehead atoms. The van der Waals surface area contributed by atoms with Gasteiger partial charge in [-0.25, -0.2) is 0 Å². The molecule has 0 aromatic heterocycles. The van der Waals surface area contributed by atoms with Gasteiger partial charge in [0.1, 0.15) is 0 Å². The third kappa shape index (κ3) is 5.17. The van der Waals surface area contributed by atoms with Gasteiger partial charge < -0.3 is 4.90 Å². The molecule has 0 amide bonds. The molecule has 0 N–H and O–H groups in total. The highest BCUT2D eigenvalue weighted by Gasteiger charge is 2.60. The second-order valence-corrected chi connectivity index (χ2v) is 22.3. The van der Waals surface area contributed by atoms with Gasteiger partial charge in [0.15, 0.2) is 0 Å². The summed E-state index contributed by atoms with van der Waals surface area (Å²) in [4.78, 5) is 5.49. The van der Waals surface area contributed by atoms with Crippen LogP contribution in [0.2, 0.25) is 0 Å². The molecule has 1 spiro atoms. The van der Waals surface area contributed by atoms with Crippen LogP contribution in [-0.4, -0.2) is 0 Å². The van der Waals surface area contributed by atoms with E-state index in [0.717, 1.165) is 23.7 Å². The van der Waals surface area contributed by atoms with E-state index in [0.29, 0.717) is 0 Å². The van der Waals surface area contributed by atoms with Crippen molar-refractivity contribution in [1.82, 2.24) is 0 Å². The van der Waals surface area contributed by atoms with E-state index in [2.05, 4.69) is 174 Å². The van der Waals surface area contributed by atoms with Crippen LogP contribution in [0.3, 0.4) is 0 Å². The van der Waals surface area contributed by atoms with Gasteiger partial charge in [-0.05, 0) is 178 Å². The topological polar surface area (TPSA) is 3.24 Å². The minimum Gasteiger partial charge on any atom is -0.310 e. The molecule has 6 aromatic carbocycles. The molecule has 296 valence electrons. The van der Waals surface area contributed by atoms with Crippen molar-refractivity contribution in [2.45, 2.75) is 118 Å². The maximum Gasteiger partial charge on any atom is 0.0473 e. The number of anilines is 3. The van der Waals surface area contributed by atoms with Gasteiger partial charge in [-0.2, -0.15) is 0 Å². The van der Waals surface area contributed by atoms with E-state index in [-0.39, 0.29) is 21.7 Å². The molecule has 0 radical (unpaired) electrons. The molecular formula is C57H57NS. The molecule has 59 heavy (non-hydrogen) atoms. The lowest BCUT2D eigenvalue weighted by Gasteiger charge is -2.63. The van der Waals surface area contributed by atoms with Crippen LogP contribution in [0.25, 0.3) is 22.3 Å². The summed E-state index contributed by atoms with van der Waals surface area (Å²) in [6.45, 7) is 14.5. The maximum absolute atomic E-state index is 2.58. The molecule has 4 saturated carbocycles. The Bertz CT molecular complexity index is 2660. The number of hydrogen-bond donors (Lipinski definition) is 0. The van der Waals surface area contributed by atoms with Crippen molar-refractivity contribution >= 4 is 28.8 Å². The molecule has 7 aliphatic rings. The van der Waals surface area contributed by atoms with Gasteiger partial charge in [0, 0.05) is 37.7 Å². The minimum atomic E-state index is -0.0759. The highest BCUT2D eigenvalue weighted by Crippen LogP contribution is 2.69. The summed E-state index contributed by atoms with van der Waals surface area (Å²) in [7, 11) is 0. The molecule has 4 fully saturated rings. The number of rotatable bonds is 4. The molecule has 1 heterocycles. The van der Waals surface area contributed by atoms with E-state index in [1.54, 1.807) is 11.1 Å². The van der Waals surface area contributed by atoms with E-state index in [1.165, 1.54) is 116 Å². The van der Waals surface area contributed by atoms with E-state index in [1.807, 2.05) is 11.8 Å². The summed E-state index contributed by atoms with van der Waals surface area (Å²) >= 11 is 2.02. The summed E-state index contributed by atoms with van der Waals surface area (Å²) in [5, 5.41) is 0. The van der Waals surface area contributed by atoms with Crippen LogP contribution in [-0.2, 0) is 21.7 Å². The smallest absolute Gasteiger partial charge is 0.0473 e. The number of benzene rings is 6. The average Bonchev–Trinajstić information content (AvgIpc) is 3.46. The molecule has 6 aromatic rings. The quantitative estimate of drug-likeness (QED) is 0.175. The largest absolute Gasteiger partial charge is 0.310 e. The lowest BCUT2D eigenvalue weighted by atomic mass is 9.42. The van der Waals surface area contributed by atoms with Gasteiger partial charge in [0.25, 0.3) is 0 Å². The van der Waals surface area contributed by atoms with E-state index < -0.39 is 0 Å². The SMILES string of the molecule is CC1(C)CCC(C)(C)c2cc(-c3ccc(N(c4ccc5c(c4)Sc4ccccc4C54C5CC6CC(C5)CC4C6)c4ccc5c(c4)C(C)(C)c4ccccc4-5)cc3)ccc21. The average molecular weight is 788 g/mol. The zero-order chi connectivity index (χ0) is 40.1. The van der Waals surface area contributed by atoms with Crippen LogP contribution in [0.1, 0.15) is 120 Å². The molecule has 0 unspecified atom stereocenters.